The van der Waals surface area contributed by atoms with E-state index in [2.05, 4.69) is 10.6 Å². The summed E-state index contributed by atoms with van der Waals surface area (Å²) in [6, 6.07) is 7.93. The van der Waals surface area contributed by atoms with Crippen molar-refractivity contribution in [2.75, 3.05) is 13.1 Å². The van der Waals surface area contributed by atoms with Gasteiger partial charge in [0, 0.05) is 18.1 Å². The second-order valence-corrected chi connectivity index (χ2v) is 8.26. The van der Waals surface area contributed by atoms with Crippen molar-refractivity contribution in [2.45, 2.75) is 23.9 Å². The molecule has 0 bridgehead atoms. The number of furan rings is 1. The largest absolute Gasteiger partial charge is 0.467 e. The number of piperazine rings is 1. The minimum Gasteiger partial charge on any atom is -0.467 e. The number of hydrogen-bond acceptors (Lipinski definition) is 5. The fraction of sp³-hybridized carbons (Fsp3) is 0.294. The first kappa shape index (κ1) is 19.4. The van der Waals surface area contributed by atoms with Crippen LogP contribution in [0.25, 0.3) is 0 Å². The van der Waals surface area contributed by atoms with E-state index in [0.717, 1.165) is 4.31 Å². The van der Waals surface area contributed by atoms with E-state index in [1.165, 1.54) is 30.5 Å². The molecule has 1 aliphatic heterocycles. The van der Waals surface area contributed by atoms with Gasteiger partial charge in [0.25, 0.3) is 0 Å². The Kier molecular flexibility index (Phi) is 5.83. The molecule has 2 heterocycles. The maximum atomic E-state index is 12.9. The number of rotatable bonds is 6. The highest BCUT2D eigenvalue weighted by atomic mass is 35.5. The molecule has 0 radical (unpaired) electrons. The Morgan fingerprint density at radius 3 is 2.70 bits per heavy atom. The molecule has 1 aromatic carbocycles. The number of sulfonamides is 1. The van der Waals surface area contributed by atoms with E-state index in [1.807, 2.05) is 0 Å². The van der Waals surface area contributed by atoms with Gasteiger partial charge in [0.15, 0.2) is 0 Å². The zero-order valence-corrected chi connectivity index (χ0v) is 15.8. The number of nitrogens with zero attached hydrogens (tertiary/aromatic N) is 1. The summed E-state index contributed by atoms with van der Waals surface area (Å²) in [6.07, 6.45) is 1.19. The van der Waals surface area contributed by atoms with Crippen molar-refractivity contribution in [2.24, 2.45) is 0 Å². The van der Waals surface area contributed by atoms with Crippen LogP contribution in [0.4, 0.5) is 0 Å². The highest BCUT2D eigenvalue weighted by Crippen LogP contribution is 2.23. The summed E-state index contributed by atoms with van der Waals surface area (Å²) >= 11 is 5.81. The second-order valence-electron chi connectivity index (χ2n) is 5.94. The molecule has 0 spiro atoms. The Bertz CT molecular complexity index is 913. The van der Waals surface area contributed by atoms with Gasteiger partial charge in [0.1, 0.15) is 11.8 Å². The van der Waals surface area contributed by atoms with Gasteiger partial charge in [0.05, 0.1) is 24.1 Å². The molecule has 3 rings (SSSR count). The number of halogens is 1. The van der Waals surface area contributed by atoms with Crippen molar-refractivity contribution in [3.05, 3.63) is 53.4 Å². The summed E-state index contributed by atoms with van der Waals surface area (Å²) in [5.74, 6) is -0.404. The van der Waals surface area contributed by atoms with Crippen LogP contribution in [0.15, 0.2) is 52.0 Å². The van der Waals surface area contributed by atoms with Crippen LogP contribution in [0, 0.1) is 0 Å². The standard InChI is InChI=1S/C17H18ClN3O5S/c18-12-3-5-14(6-4-12)27(24,25)21-8-7-19-17(23)15(21)10-16(22)20-11-13-2-1-9-26-13/h1-6,9,15H,7-8,10-11H2,(H,19,23)(H,20,22)/t15-/m0/s1. The van der Waals surface area contributed by atoms with Crippen molar-refractivity contribution in [1.29, 1.82) is 0 Å². The molecule has 2 amide bonds. The summed E-state index contributed by atoms with van der Waals surface area (Å²) < 4.78 is 32.1. The predicted molar refractivity (Wildman–Crippen MR) is 97.3 cm³/mol. The zero-order valence-electron chi connectivity index (χ0n) is 14.2. The molecule has 1 atom stereocenters. The van der Waals surface area contributed by atoms with E-state index in [0.29, 0.717) is 10.8 Å². The fourth-order valence-corrected chi connectivity index (χ4v) is 4.48. The number of nitrogens with one attached hydrogen (secondary N) is 2. The molecule has 0 unspecified atom stereocenters. The Balaban J connectivity index is 1.75. The maximum Gasteiger partial charge on any atom is 0.243 e. The average Bonchev–Trinajstić information content (AvgIpc) is 3.15. The van der Waals surface area contributed by atoms with E-state index in [9.17, 15) is 18.0 Å². The van der Waals surface area contributed by atoms with Gasteiger partial charge in [0.2, 0.25) is 21.8 Å². The van der Waals surface area contributed by atoms with Crippen LogP contribution in [0.2, 0.25) is 5.02 Å². The lowest BCUT2D eigenvalue weighted by Gasteiger charge is -2.33. The Hall–Kier alpha value is -2.36. The number of carbonyl (C=O) groups is 2. The molecular formula is C17H18ClN3O5S. The summed E-state index contributed by atoms with van der Waals surface area (Å²) in [4.78, 5) is 24.5. The second kappa shape index (κ2) is 8.12. The number of carbonyl (C=O) groups excluding carboxylic acids is 2. The lowest BCUT2D eigenvalue weighted by Crippen LogP contribution is -2.58. The molecule has 27 heavy (non-hydrogen) atoms. The Morgan fingerprint density at radius 2 is 2.04 bits per heavy atom. The summed E-state index contributed by atoms with van der Waals surface area (Å²) in [7, 11) is -3.95. The van der Waals surface area contributed by atoms with Gasteiger partial charge in [-0.1, -0.05) is 11.6 Å². The lowest BCUT2D eigenvalue weighted by molar-refractivity contribution is -0.131. The molecule has 1 aromatic heterocycles. The molecule has 0 saturated carbocycles. The van der Waals surface area contributed by atoms with Gasteiger partial charge in [-0.25, -0.2) is 8.42 Å². The third kappa shape index (κ3) is 4.49. The van der Waals surface area contributed by atoms with Crippen LogP contribution in [-0.4, -0.2) is 43.7 Å². The van der Waals surface area contributed by atoms with Gasteiger partial charge in [-0.2, -0.15) is 4.31 Å². The van der Waals surface area contributed by atoms with E-state index < -0.39 is 27.9 Å². The number of amides is 2. The summed E-state index contributed by atoms with van der Waals surface area (Å²) in [5.41, 5.74) is 0. The smallest absolute Gasteiger partial charge is 0.243 e. The maximum absolute atomic E-state index is 12.9. The quantitative estimate of drug-likeness (QED) is 0.740. The van der Waals surface area contributed by atoms with Crippen LogP contribution in [0.3, 0.4) is 0 Å². The molecular weight excluding hydrogens is 394 g/mol. The van der Waals surface area contributed by atoms with Crippen molar-refractivity contribution >= 4 is 33.4 Å². The highest BCUT2D eigenvalue weighted by Gasteiger charge is 2.39. The van der Waals surface area contributed by atoms with E-state index in [-0.39, 0.29) is 31.0 Å². The van der Waals surface area contributed by atoms with Crippen molar-refractivity contribution in [3.8, 4) is 0 Å². The monoisotopic (exact) mass is 411 g/mol. The van der Waals surface area contributed by atoms with Crippen LogP contribution in [-0.2, 0) is 26.2 Å². The van der Waals surface area contributed by atoms with E-state index in [1.54, 1.807) is 12.1 Å². The number of benzene rings is 1. The van der Waals surface area contributed by atoms with E-state index >= 15 is 0 Å². The van der Waals surface area contributed by atoms with Gasteiger partial charge in [-0.15, -0.1) is 0 Å². The zero-order chi connectivity index (χ0) is 19.4. The molecule has 2 aromatic rings. The minimum absolute atomic E-state index is 0.0163. The van der Waals surface area contributed by atoms with Gasteiger partial charge in [-0.05, 0) is 36.4 Å². The van der Waals surface area contributed by atoms with Crippen LogP contribution in [0.1, 0.15) is 12.2 Å². The SMILES string of the molecule is O=C(C[C@H]1C(=O)NCCN1S(=O)(=O)c1ccc(Cl)cc1)NCc1ccco1. The van der Waals surface area contributed by atoms with Crippen molar-refractivity contribution in [3.63, 3.8) is 0 Å². The number of hydrogen-bond donors (Lipinski definition) is 2. The normalized spacial score (nSPS) is 18.1. The molecule has 2 N–H and O–H groups in total. The lowest BCUT2D eigenvalue weighted by atomic mass is 10.1. The third-order valence-corrected chi connectivity index (χ3v) is 6.29. The first-order valence-electron chi connectivity index (χ1n) is 8.22. The molecule has 8 nitrogen and oxygen atoms in total. The highest BCUT2D eigenvalue weighted by molar-refractivity contribution is 7.89. The van der Waals surface area contributed by atoms with Gasteiger partial charge < -0.3 is 15.1 Å². The molecule has 0 aliphatic carbocycles. The molecule has 1 saturated heterocycles. The fourth-order valence-electron chi connectivity index (χ4n) is 2.76. The minimum atomic E-state index is -3.95. The Morgan fingerprint density at radius 1 is 1.30 bits per heavy atom. The van der Waals surface area contributed by atoms with Gasteiger partial charge >= 0.3 is 0 Å². The van der Waals surface area contributed by atoms with Crippen LogP contribution in [0.5, 0.6) is 0 Å². The first-order valence-corrected chi connectivity index (χ1v) is 10.0. The molecule has 1 fully saturated rings. The van der Waals surface area contributed by atoms with E-state index in [4.69, 9.17) is 16.0 Å². The van der Waals surface area contributed by atoms with Gasteiger partial charge in [-0.3, -0.25) is 9.59 Å². The van der Waals surface area contributed by atoms with Crippen LogP contribution >= 0.6 is 11.6 Å². The summed E-state index contributed by atoms with van der Waals surface area (Å²) in [6.45, 7) is 0.410. The topological polar surface area (TPSA) is 109 Å². The Labute approximate surface area is 161 Å². The molecule has 10 heteroatoms. The molecule has 1 aliphatic rings. The summed E-state index contributed by atoms with van der Waals surface area (Å²) in [5, 5.41) is 5.63. The average molecular weight is 412 g/mol. The first-order chi connectivity index (χ1) is 12.9. The molecule has 144 valence electrons. The van der Waals surface area contributed by atoms with Crippen molar-refractivity contribution < 1.29 is 22.4 Å². The van der Waals surface area contributed by atoms with Crippen molar-refractivity contribution in [1.82, 2.24) is 14.9 Å². The van der Waals surface area contributed by atoms with Crippen LogP contribution < -0.4 is 10.6 Å². The predicted octanol–water partition coefficient (Wildman–Crippen LogP) is 1.13. The third-order valence-electron chi connectivity index (χ3n) is 4.12.